The number of aliphatic imine (C=N–C) groups is 1. The van der Waals surface area contributed by atoms with Crippen molar-refractivity contribution in [1.82, 2.24) is 14.8 Å². The molecule has 0 saturated carbocycles. The SMILES string of the molecule is CC1Oc2cc(cnc2N)-c2c(nn(C)c2C#N)CC2=NC(C)(C)C(=O)N2c2ccc(F)cc21. The lowest BCUT2D eigenvalue weighted by molar-refractivity contribution is -0.120. The minimum absolute atomic E-state index is 0.148. The summed E-state index contributed by atoms with van der Waals surface area (Å²) in [7, 11) is 1.68. The van der Waals surface area contributed by atoms with Gasteiger partial charge in [-0.05, 0) is 45.0 Å². The number of halogens is 1. The maximum atomic E-state index is 14.3. The van der Waals surface area contributed by atoms with Crippen LogP contribution >= 0.6 is 0 Å². The van der Waals surface area contributed by atoms with Gasteiger partial charge in [-0.25, -0.2) is 9.37 Å². The number of aromatic nitrogens is 3. The van der Waals surface area contributed by atoms with Crippen molar-refractivity contribution in [3.05, 3.63) is 53.2 Å². The smallest absolute Gasteiger partial charge is 0.259 e. The van der Waals surface area contributed by atoms with Crippen molar-refractivity contribution in [2.24, 2.45) is 12.0 Å². The number of nitrogens with two attached hydrogens (primary N) is 1. The van der Waals surface area contributed by atoms with E-state index in [-0.39, 0.29) is 23.9 Å². The molecule has 0 fully saturated rings. The van der Waals surface area contributed by atoms with Gasteiger partial charge in [0.15, 0.2) is 11.6 Å². The van der Waals surface area contributed by atoms with Crippen LogP contribution < -0.4 is 15.4 Å². The number of pyridine rings is 1. The van der Waals surface area contributed by atoms with Gasteiger partial charge in [0.2, 0.25) is 0 Å². The Bertz CT molecular complexity index is 1430. The van der Waals surface area contributed by atoms with E-state index in [1.807, 2.05) is 0 Å². The zero-order chi connectivity index (χ0) is 24.4. The number of fused-ring (bicyclic) bond motifs is 7. The molecule has 1 aromatic carbocycles. The molecule has 9 nitrogen and oxygen atoms in total. The van der Waals surface area contributed by atoms with Crippen LogP contribution in [0, 0.1) is 17.1 Å². The Morgan fingerprint density at radius 2 is 2.09 bits per heavy atom. The number of nitrogens with zero attached hydrogens (tertiary/aromatic N) is 6. The summed E-state index contributed by atoms with van der Waals surface area (Å²) in [5.74, 6) is 0.160. The second kappa shape index (κ2) is 7.38. The summed E-state index contributed by atoms with van der Waals surface area (Å²) in [5, 5.41) is 14.4. The highest BCUT2D eigenvalue weighted by Gasteiger charge is 2.43. The van der Waals surface area contributed by atoms with Crippen molar-refractivity contribution in [1.29, 1.82) is 5.26 Å². The predicted octanol–water partition coefficient (Wildman–Crippen LogP) is 3.29. The molecule has 1 atom stereocenters. The van der Waals surface area contributed by atoms with E-state index in [1.165, 1.54) is 21.7 Å². The van der Waals surface area contributed by atoms with Gasteiger partial charge in [0.25, 0.3) is 5.91 Å². The van der Waals surface area contributed by atoms with E-state index < -0.39 is 17.5 Å². The third-order valence-corrected chi connectivity index (χ3v) is 6.09. The average Bonchev–Trinajstić information content (AvgIpc) is 3.20. The van der Waals surface area contributed by atoms with Crippen molar-refractivity contribution in [3.8, 4) is 22.9 Å². The lowest BCUT2D eigenvalue weighted by atomic mass is 10.0. The number of hydrogen-bond acceptors (Lipinski definition) is 7. The maximum Gasteiger partial charge on any atom is 0.259 e. The standard InChI is InChI=1S/C24H22FN7O2/c1-12-15-8-14(25)5-6-17(15)32-20(29-24(2,3)23(32)33)9-16-21(18(10-26)31(4)30-16)13-7-19(34-12)22(27)28-11-13/h5-8,11-12H,9H2,1-4H3,(H2,27,28). The molecular formula is C24H22FN7O2. The van der Waals surface area contributed by atoms with Crippen molar-refractivity contribution in [2.75, 3.05) is 10.6 Å². The number of carbonyl (C=O) groups excluding carboxylic acids is 1. The fourth-order valence-corrected chi connectivity index (χ4v) is 4.46. The molecule has 10 heteroatoms. The molecule has 2 bridgehead atoms. The Kier molecular flexibility index (Phi) is 4.68. The molecule has 2 aromatic heterocycles. The Balaban J connectivity index is 1.82. The Hall–Kier alpha value is -4.26. The number of rotatable bonds is 0. The first kappa shape index (κ1) is 21.6. The summed E-state index contributed by atoms with van der Waals surface area (Å²) >= 11 is 0. The molecule has 0 radical (unpaired) electrons. The topological polar surface area (TPSA) is 122 Å². The molecule has 5 rings (SSSR count). The van der Waals surface area contributed by atoms with Gasteiger partial charge in [-0.3, -0.25) is 19.4 Å². The molecule has 0 spiro atoms. The summed E-state index contributed by atoms with van der Waals surface area (Å²) in [5.41, 5.74) is 8.01. The van der Waals surface area contributed by atoms with Gasteiger partial charge in [-0.2, -0.15) is 10.4 Å². The number of nitrogen functional groups attached to an aromatic ring is 1. The molecule has 34 heavy (non-hydrogen) atoms. The molecule has 172 valence electrons. The third kappa shape index (κ3) is 3.20. The number of carbonyl (C=O) groups is 1. The first-order valence-corrected chi connectivity index (χ1v) is 10.7. The minimum atomic E-state index is -1.03. The quantitative estimate of drug-likeness (QED) is 0.550. The Morgan fingerprint density at radius 3 is 2.82 bits per heavy atom. The number of benzene rings is 1. The molecule has 1 amide bonds. The van der Waals surface area contributed by atoms with E-state index in [2.05, 4.69) is 16.2 Å². The monoisotopic (exact) mass is 459 g/mol. The van der Waals surface area contributed by atoms with Crippen molar-refractivity contribution in [2.45, 2.75) is 38.8 Å². The zero-order valence-corrected chi connectivity index (χ0v) is 19.1. The lowest BCUT2D eigenvalue weighted by Gasteiger charge is -2.27. The molecule has 0 aliphatic carbocycles. The molecule has 4 heterocycles. The van der Waals surface area contributed by atoms with E-state index in [9.17, 15) is 14.4 Å². The van der Waals surface area contributed by atoms with Gasteiger partial charge < -0.3 is 10.5 Å². The number of hydrogen-bond donors (Lipinski definition) is 1. The van der Waals surface area contributed by atoms with Gasteiger partial charge in [-0.1, -0.05) is 0 Å². The number of nitriles is 1. The van der Waals surface area contributed by atoms with Gasteiger partial charge >= 0.3 is 0 Å². The number of anilines is 2. The van der Waals surface area contributed by atoms with E-state index in [0.29, 0.717) is 39.6 Å². The highest BCUT2D eigenvalue weighted by Crippen LogP contribution is 2.40. The van der Waals surface area contributed by atoms with Gasteiger partial charge in [0.05, 0.1) is 17.8 Å². The van der Waals surface area contributed by atoms with Crippen LogP contribution in [0.5, 0.6) is 5.75 Å². The molecule has 2 aliphatic rings. The van der Waals surface area contributed by atoms with E-state index in [1.54, 1.807) is 46.1 Å². The van der Waals surface area contributed by atoms with Crippen LogP contribution in [-0.2, 0) is 18.3 Å². The van der Waals surface area contributed by atoms with Crippen LogP contribution in [0.4, 0.5) is 15.9 Å². The first-order valence-electron chi connectivity index (χ1n) is 10.7. The summed E-state index contributed by atoms with van der Waals surface area (Å²) in [6.45, 7) is 5.20. The van der Waals surface area contributed by atoms with Crippen LogP contribution in [0.15, 0.2) is 35.5 Å². The summed E-state index contributed by atoms with van der Waals surface area (Å²) in [4.78, 5) is 23.9. The van der Waals surface area contributed by atoms with Gasteiger partial charge in [-0.15, -0.1) is 0 Å². The number of aryl methyl sites for hydroxylation is 1. The van der Waals surface area contributed by atoms with Crippen LogP contribution in [0.25, 0.3) is 11.1 Å². The number of amides is 1. The van der Waals surface area contributed by atoms with Gasteiger partial charge in [0, 0.05) is 29.9 Å². The third-order valence-electron chi connectivity index (χ3n) is 6.09. The maximum absolute atomic E-state index is 14.3. The summed E-state index contributed by atoms with van der Waals surface area (Å²) in [6.07, 6.45) is 1.05. The Morgan fingerprint density at radius 1 is 1.32 bits per heavy atom. The molecule has 1 unspecified atom stereocenters. The molecule has 0 saturated heterocycles. The summed E-state index contributed by atoms with van der Waals surface area (Å²) in [6, 6.07) is 8.07. The second-order valence-electron chi connectivity index (χ2n) is 8.88. The minimum Gasteiger partial charge on any atom is -0.482 e. The molecule has 3 aromatic rings. The zero-order valence-electron chi connectivity index (χ0n) is 19.1. The van der Waals surface area contributed by atoms with E-state index >= 15 is 0 Å². The van der Waals surface area contributed by atoms with E-state index in [4.69, 9.17) is 15.5 Å². The van der Waals surface area contributed by atoms with Crippen LogP contribution in [0.3, 0.4) is 0 Å². The second-order valence-corrected chi connectivity index (χ2v) is 8.88. The molecule has 2 aliphatic heterocycles. The lowest BCUT2D eigenvalue weighted by Crippen LogP contribution is -2.40. The average molecular weight is 459 g/mol. The highest BCUT2D eigenvalue weighted by atomic mass is 19.1. The normalized spacial score (nSPS) is 18.5. The van der Waals surface area contributed by atoms with Crippen LogP contribution in [-0.4, -0.2) is 32.0 Å². The fraction of sp³-hybridized carbons (Fsp3) is 0.292. The predicted molar refractivity (Wildman–Crippen MR) is 124 cm³/mol. The Labute approximate surface area is 195 Å². The van der Waals surface area contributed by atoms with Crippen molar-refractivity contribution in [3.63, 3.8) is 0 Å². The van der Waals surface area contributed by atoms with Gasteiger partial charge in [0.1, 0.15) is 35.1 Å². The van der Waals surface area contributed by atoms with Crippen molar-refractivity contribution >= 4 is 23.2 Å². The summed E-state index contributed by atoms with van der Waals surface area (Å²) < 4.78 is 21.9. The number of ether oxygens (including phenoxy) is 1. The van der Waals surface area contributed by atoms with Crippen LogP contribution in [0.2, 0.25) is 0 Å². The van der Waals surface area contributed by atoms with E-state index in [0.717, 1.165) is 0 Å². The molecule has 2 N–H and O–H groups in total. The largest absolute Gasteiger partial charge is 0.482 e. The van der Waals surface area contributed by atoms with Crippen molar-refractivity contribution < 1.29 is 13.9 Å². The fourth-order valence-electron chi connectivity index (χ4n) is 4.46. The molecular weight excluding hydrogens is 437 g/mol. The van der Waals surface area contributed by atoms with Crippen LogP contribution in [0.1, 0.15) is 43.8 Å². The highest BCUT2D eigenvalue weighted by molar-refractivity contribution is 6.25. The number of amidine groups is 1. The first-order chi connectivity index (χ1) is 16.1.